The van der Waals surface area contributed by atoms with Crippen LogP contribution in [0.5, 0.6) is 5.75 Å². The summed E-state index contributed by atoms with van der Waals surface area (Å²) in [5.74, 6) is 4.93. The van der Waals surface area contributed by atoms with E-state index >= 15 is 0 Å². The molecular weight excluding hydrogens is 133 g/mol. The molecule has 0 spiro atoms. The number of hydrogen-bond donors (Lipinski definition) is 1. The van der Waals surface area contributed by atoms with E-state index in [1.54, 1.807) is 19.1 Å². The van der Waals surface area contributed by atoms with Crippen molar-refractivity contribution in [1.82, 2.24) is 0 Å². The normalized spacial score (nSPS) is 9.50. The van der Waals surface area contributed by atoms with Gasteiger partial charge in [0.15, 0.2) is 5.75 Å². The minimum Gasteiger partial charge on any atom is -0.411 e. The molecule has 0 aliphatic carbocycles. The molecule has 1 aromatic carbocycles. The van der Waals surface area contributed by atoms with E-state index < -0.39 is 0 Å². The third kappa shape index (κ3) is 1.09. The van der Waals surface area contributed by atoms with Crippen molar-refractivity contribution in [2.75, 3.05) is 0 Å². The lowest BCUT2D eigenvalue weighted by Crippen LogP contribution is -2.03. The molecule has 0 heterocycles. The Labute approximate surface area is 58.4 Å². The van der Waals surface area contributed by atoms with Crippen LogP contribution in [0.25, 0.3) is 0 Å². The fourth-order valence-corrected chi connectivity index (χ4v) is 0.715. The van der Waals surface area contributed by atoms with Gasteiger partial charge in [-0.05, 0) is 19.1 Å². The molecule has 0 aromatic heterocycles. The Morgan fingerprint density at radius 1 is 1.50 bits per heavy atom. The summed E-state index contributed by atoms with van der Waals surface area (Å²) in [7, 11) is 0. The first-order valence-electron chi connectivity index (χ1n) is 2.87. The second-order valence-electron chi connectivity index (χ2n) is 1.98. The largest absolute Gasteiger partial charge is 0.411 e. The Kier molecular flexibility index (Phi) is 1.87. The van der Waals surface area contributed by atoms with Crippen molar-refractivity contribution in [2.24, 2.45) is 5.90 Å². The maximum Gasteiger partial charge on any atom is 0.152 e. The number of nitrogens with two attached hydrogens (primary N) is 1. The second-order valence-corrected chi connectivity index (χ2v) is 1.98. The summed E-state index contributed by atoms with van der Waals surface area (Å²) in [5, 5.41) is 0. The van der Waals surface area contributed by atoms with Crippen LogP contribution in [0, 0.1) is 12.7 Å². The molecule has 1 rings (SSSR count). The summed E-state index contributed by atoms with van der Waals surface area (Å²) in [6.07, 6.45) is 0. The van der Waals surface area contributed by atoms with Gasteiger partial charge in [-0.1, -0.05) is 6.07 Å². The van der Waals surface area contributed by atoms with Crippen LogP contribution in [0.3, 0.4) is 0 Å². The molecule has 0 saturated heterocycles. The van der Waals surface area contributed by atoms with Crippen molar-refractivity contribution in [3.8, 4) is 5.75 Å². The van der Waals surface area contributed by atoms with Crippen LogP contribution in [-0.2, 0) is 0 Å². The van der Waals surface area contributed by atoms with Crippen LogP contribution in [0.1, 0.15) is 5.56 Å². The van der Waals surface area contributed by atoms with E-state index in [1.807, 2.05) is 0 Å². The van der Waals surface area contributed by atoms with Crippen LogP contribution in [0.4, 0.5) is 4.39 Å². The quantitative estimate of drug-likeness (QED) is 0.600. The molecule has 0 saturated carbocycles. The molecule has 0 atom stereocenters. The molecular formula is C7H8FNO. The number of rotatable bonds is 1. The van der Waals surface area contributed by atoms with Gasteiger partial charge in [0, 0.05) is 5.56 Å². The summed E-state index contributed by atoms with van der Waals surface area (Å²) in [6.45, 7) is 1.61. The highest BCUT2D eigenvalue weighted by molar-refractivity contribution is 5.32. The van der Waals surface area contributed by atoms with Crippen molar-refractivity contribution in [2.45, 2.75) is 6.92 Å². The molecule has 2 nitrogen and oxygen atoms in total. The zero-order valence-electron chi connectivity index (χ0n) is 5.60. The van der Waals surface area contributed by atoms with Crippen molar-refractivity contribution in [3.05, 3.63) is 29.6 Å². The van der Waals surface area contributed by atoms with Gasteiger partial charge in [0.05, 0.1) is 0 Å². The summed E-state index contributed by atoms with van der Waals surface area (Å²) in [4.78, 5) is 4.39. The van der Waals surface area contributed by atoms with E-state index in [0.717, 1.165) is 0 Å². The van der Waals surface area contributed by atoms with Gasteiger partial charge in [-0.2, -0.15) is 5.90 Å². The lowest BCUT2D eigenvalue weighted by molar-refractivity contribution is 0.329. The molecule has 10 heavy (non-hydrogen) atoms. The maximum absolute atomic E-state index is 12.6. The van der Waals surface area contributed by atoms with Crippen molar-refractivity contribution >= 4 is 0 Å². The Balaban J connectivity index is 3.14. The maximum atomic E-state index is 12.6. The first-order valence-corrected chi connectivity index (χ1v) is 2.87. The smallest absolute Gasteiger partial charge is 0.152 e. The van der Waals surface area contributed by atoms with Gasteiger partial charge in [0.1, 0.15) is 5.82 Å². The number of hydrogen-bond acceptors (Lipinski definition) is 2. The van der Waals surface area contributed by atoms with Crippen LogP contribution < -0.4 is 10.7 Å². The van der Waals surface area contributed by atoms with Crippen LogP contribution in [-0.4, -0.2) is 0 Å². The average Bonchev–Trinajstić information content (AvgIpc) is 1.95. The average molecular weight is 141 g/mol. The van der Waals surface area contributed by atoms with Crippen molar-refractivity contribution < 1.29 is 9.23 Å². The van der Waals surface area contributed by atoms with Crippen molar-refractivity contribution in [3.63, 3.8) is 0 Å². The SMILES string of the molecule is Cc1c(F)cccc1ON. The fraction of sp³-hybridized carbons (Fsp3) is 0.143. The second kappa shape index (κ2) is 2.66. The van der Waals surface area contributed by atoms with E-state index in [-0.39, 0.29) is 5.82 Å². The van der Waals surface area contributed by atoms with E-state index in [0.29, 0.717) is 11.3 Å². The molecule has 0 radical (unpaired) electrons. The third-order valence-corrected chi connectivity index (χ3v) is 1.34. The molecule has 0 fully saturated rings. The molecule has 0 amide bonds. The van der Waals surface area contributed by atoms with Gasteiger partial charge < -0.3 is 4.84 Å². The molecule has 0 bridgehead atoms. The lowest BCUT2D eigenvalue weighted by Gasteiger charge is -2.01. The third-order valence-electron chi connectivity index (χ3n) is 1.34. The first kappa shape index (κ1) is 7.02. The molecule has 0 aliphatic heterocycles. The van der Waals surface area contributed by atoms with Gasteiger partial charge in [-0.3, -0.25) is 0 Å². The minimum absolute atomic E-state index is 0.303. The topological polar surface area (TPSA) is 35.2 Å². The van der Waals surface area contributed by atoms with E-state index in [2.05, 4.69) is 4.84 Å². The van der Waals surface area contributed by atoms with Gasteiger partial charge >= 0.3 is 0 Å². The summed E-state index contributed by atoms with van der Waals surface area (Å²) < 4.78 is 12.6. The van der Waals surface area contributed by atoms with Crippen LogP contribution in [0.2, 0.25) is 0 Å². The molecule has 54 valence electrons. The summed E-state index contributed by atoms with van der Waals surface area (Å²) >= 11 is 0. The zero-order chi connectivity index (χ0) is 7.56. The predicted octanol–water partition coefficient (Wildman–Crippen LogP) is 1.39. The van der Waals surface area contributed by atoms with Gasteiger partial charge in [-0.25, -0.2) is 4.39 Å². The Morgan fingerprint density at radius 3 is 2.70 bits per heavy atom. The van der Waals surface area contributed by atoms with E-state index in [4.69, 9.17) is 5.90 Å². The summed E-state index contributed by atoms with van der Waals surface area (Å²) in [6, 6.07) is 4.51. The lowest BCUT2D eigenvalue weighted by atomic mass is 10.2. The molecule has 2 N–H and O–H groups in total. The Morgan fingerprint density at radius 2 is 2.20 bits per heavy atom. The highest BCUT2D eigenvalue weighted by Crippen LogP contribution is 2.17. The Bertz CT molecular complexity index is 237. The zero-order valence-corrected chi connectivity index (χ0v) is 5.60. The molecule has 3 heteroatoms. The first-order chi connectivity index (χ1) is 4.75. The molecule has 1 aromatic rings. The fourth-order valence-electron chi connectivity index (χ4n) is 0.715. The highest BCUT2D eigenvalue weighted by atomic mass is 19.1. The minimum atomic E-state index is -0.303. The highest BCUT2D eigenvalue weighted by Gasteiger charge is 2.01. The van der Waals surface area contributed by atoms with Crippen LogP contribution in [0.15, 0.2) is 18.2 Å². The van der Waals surface area contributed by atoms with Gasteiger partial charge in [-0.15, -0.1) is 0 Å². The van der Waals surface area contributed by atoms with Gasteiger partial charge in [0.2, 0.25) is 0 Å². The van der Waals surface area contributed by atoms with Crippen LogP contribution >= 0.6 is 0 Å². The Hall–Kier alpha value is -1.09. The monoisotopic (exact) mass is 141 g/mol. The predicted molar refractivity (Wildman–Crippen MR) is 36.0 cm³/mol. The standard InChI is InChI=1S/C7H8FNO/c1-5-6(8)3-2-4-7(5)10-9/h2-4H,9H2,1H3. The molecule has 0 aliphatic rings. The molecule has 0 unspecified atom stereocenters. The van der Waals surface area contributed by atoms with E-state index in [1.165, 1.54) is 6.07 Å². The van der Waals surface area contributed by atoms with Crippen molar-refractivity contribution in [1.29, 1.82) is 0 Å². The number of halogens is 1. The van der Waals surface area contributed by atoms with Gasteiger partial charge in [0.25, 0.3) is 0 Å². The van der Waals surface area contributed by atoms with E-state index in [9.17, 15) is 4.39 Å². The summed E-state index contributed by atoms with van der Waals surface area (Å²) in [5.41, 5.74) is 0.435. The number of benzene rings is 1.